The van der Waals surface area contributed by atoms with Crippen LogP contribution in [0, 0.1) is 12.3 Å². The van der Waals surface area contributed by atoms with Crippen molar-refractivity contribution in [1.29, 1.82) is 5.41 Å². The highest BCUT2D eigenvalue weighted by Crippen LogP contribution is 2.41. The smallest absolute Gasteiger partial charge is 0.322 e. The maximum atomic E-state index is 12.4. The zero-order valence-corrected chi connectivity index (χ0v) is 19.9. The summed E-state index contributed by atoms with van der Waals surface area (Å²) < 4.78 is 13.1. The Morgan fingerprint density at radius 2 is 1.91 bits per heavy atom. The Morgan fingerprint density at radius 3 is 2.45 bits per heavy atom. The van der Waals surface area contributed by atoms with Gasteiger partial charge in [-0.1, -0.05) is 17.7 Å². The number of aryl methyl sites for hydroxylation is 1. The summed E-state index contributed by atoms with van der Waals surface area (Å²) in [5, 5.41) is 15.6. The molecule has 11 nitrogen and oxygen atoms in total. The van der Waals surface area contributed by atoms with Gasteiger partial charge in [0.2, 0.25) is 14.9 Å². The largest absolute Gasteiger partial charge is 0.468 e. The first-order valence-corrected chi connectivity index (χ1v) is 11.6. The van der Waals surface area contributed by atoms with Gasteiger partial charge in [-0.15, -0.1) is 0 Å². The average molecular weight is 478 g/mol. The number of carbonyl (C=O) groups is 3. The minimum atomic E-state index is -1.35. The number of hydrogen-bond acceptors (Lipinski definition) is 9. The number of allylic oxidation sites excluding steroid dienone is 1. The first-order chi connectivity index (χ1) is 15.8. The minimum absolute atomic E-state index is 0.0593. The predicted octanol–water partition coefficient (Wildman–Crippen LogP) is 0.898. The van der Waals surface area contributed by atoms with E-state index in [0.717, 1.165) is 11.8 Å². The zero-order chi connectivity index (χ0) is 24.4. The van der Waals surface area contributed by atoms with E-state index in [9.17, 15) is 14.4 Å². The molecule has 1 aliphatic heterocycles. The van der Waals surface area contributed by atoms with Gasteiger partial charge >= 0.3 is 5.97 Å². The molecule has 1 heterocycles. The lowest BCUT2D eigenvalue weighted by atomic mass is 10.1. The average Bonchev–Trinajstić information content (AvgIpc) is 2.82. The number of esters is 1. The normalized spacial score (nSPS) is 17.2. The van der Waals surface area contributed by atoms with Crippen LogP contribution in [0.5, 0.6) is 5.75 Å². The minimum Gasteiger partial charge on any atom is -0.468 e. The Morgan fingerprint density at radius 1 is 1.27 bits per heavy atom. The topological polar surface area (TPSA) is 159 Å². The van der Waals surface area contributed by atoms with Crippen molar-refractivity contribution in [2.45, 2.75) is 38.8 Å². The maximum absolute atomic E-state index is 12.4. The molecule has 0 radical (unpaired) electrons. The van der Waals surface area contributed by atoms with Crippen LogP contribution in [-0.2, 0) is 19.1 Å². The molecule has 0 aliphatic carbocycles. The molecule has 180 valence electrons. The Balaban J connectivity index is 2.03. The number of ether oxygens (including phenoxy) is 1. The van der Waals surface area contributed by atoms with Crippen LogP contribution in [0.15, 0.2) is 35.7 Å². The monoisotopic (exact) mass is 478 g/mol. The predicted molar refractivity (Wildman–Crippen MR) is 125 cm³/mol. The van der Waals surface area contributed by atoms with Gasteiger partial charge in [0.25, 0.3) is 5.91 Å². The van der Waals surface area contributed by atoms with Gasteiger partial charge in [-0.2, -0.15) is 0 Å². The number of methoxy groups -OCH3 is 1. The van der Waals surface area contributed by atoms with Gasteiger partial charge in [0, 0.05) is 25.3 Å². The SMILES string of the molecule is COC(=O)C(C)NP(Oc1ccc(C)cc1)N1CCC(NC(=O)/C(N)=C(/C=N)NC=O)CC1. The maximum Gasteiger partial charge on any atom is 0.322 e. The fourth-order valence-electron chi connectivity index (χ4n) is 3.10. The van der Waals surface area contributed by atoms with Gasteiger partial charge in [-0.3, -0.25) is 14.4 Å². The molecule has 2 atom stereocenters. The molecule has 2 unspecified atom stereocenters. The lowest BCUT2D eigenvalue weighted by molar-refractivity contribution is -0.142. The summed E-state index contributed by atoms with van der Waals surface area (Å²) in [6.07, 6.45) is 2.43. The summed E-state index contributed by atoms with van der Waals surface area (Å²) in [5.41, 5.74) is 6.59. The summed E-state index contributed by atoms with van der Waals surface area (Å²) in [6, 6.07) is 6.98. The third-order valence-corrected chi connectivity index (χ3v) is 6.93. The van der Waals surface area contributed by atoms with Crippen molar-refractivity contribution in [3.63, 3.8) is 0 Å². The van der Waals surface area contributed by atoms with E-state index in [1.807, 2.05) is 31.2 Å². The van der Waals surface area contributed by atoms with Gasteiger partial charge in [-0.05, 0) is 38.8 Å². The fraction of sp³-hybridized carbons (Fsp3) is 0.429. The molecule has 0 bridgehead atoms. The summed E-state index contributed by atoms with van der Waals surface area (Å²) in [5.74, 6) is -0.242. The molecule has 0 saturated carbocycles. The molecule has 1 aromatic carbocycles. The Labute approximate surface area is 194 Å². The molecule has 1 fully saturated rings. The van der Waals surface area contributed by atoms with E-state index < -0.39 is 20.4 Å². The number of nitrogens with zero attached hydrogens (tertiary/aromatic N) is 1. The number of rotatable bonds is 11. The first-order valence-electron chi connectivity index (χ1n) is 10.4. The zero-order valence-electron chi connectivity index (χ0n) is 19.0. The molecular weight excluding hydrogens is 447 g/mol. The highest BCUT2D eigenvalue weighted by Gasteiger charge is 2.31. The highest BCUT2D eigenvalue weighted by molar-refractivity contribution is 7.48. The molecule has 12 heteroatoms. The van der Waals surface area contributed by atoms with E-state index in [4.69, 9.17) is 20.4 Å². The van der Waals surface area contributed by atoms with Crippen molar-refractivity contribution in [3.8, 4) is 5.75 Å². The van der Waals surface area contributed by atoms with Crippen molar-refractivity contribution in [2.24, 2.45) is 5.73 Å². The van der Waals surface area contributed by atoms with Crippen molar-refractivity contribution >= 4 is 33.0 Å². The third kappa shape index (κ3) is 7.81. The second kappa shape index (κ2) is 12.9. The second-order valence-corrected chi connectivity index (χ2v) is 9.04. The Hall–Kier alpha value is -3.01. The number of hydrogen-bond donors (Lipinski definition) is 5. The van der Waals surface area contributed by atoms with E-state index in [1.165, 1.54) is 7.11 Å². The molecule has 6 N–H and O–H groups in total. The number of nitrogens with two attached hydrogens (primary N) is 1. The van der Waals surface area contributed by atoms with Gasteiger partial charge in [-0.25, -0.2) is 9.76 Å². The molecule has 2 rings (SSSR count). The third-order valence-electron chi connectivity index (χ3n) is 5.03. The number of benzene rings is 1. The number of piperidine rings is 1. The first kappa shape index (κ1) is 26.2. The fourth-order valence-corrected chi connectivity index (χ4v) is 4.78. The Bertz CT molecular complexity index is 870. The summed E-state index contributed by atoms with van der Waals surface area (Å²) >= 11 is 0. The van der Waals surface area contributed by atoms with Crippen LogP contribution in [0.3, 0.4) is 0 Å². The molecule has 2 amide bonds. The van der Waals surface area contributed by atoms with E-state index in [2.05, 4.69) is 20.4 Å². The molecule has 0 aromatic heterocycles. The molecule has 1 aromatic rings. The van der Waals surface area contributed by atoms with E-state index in [1.54, 1.807) is 6.92 Å². The van der Waals surface area contributed by atoms with E-state index in [-0.39, 0.29) is 23.4 Å². The lowest BCUT2D eigenvalue weighted by Crippen LogP contribution is -2.47. The van der Waals surface area contributed by atoms with Crippen molar-refractivity contribution in [3.05, 3.63) is 41.2 Å². The Kier molecular flexibility index (Phi) is 10.2. The summed E-state index contributed by atoms with van der Waals surface area (Å²) in [7, 11) is -0.0152. The standard InChI is InChI=1S/C21H31N6O5P/c1-14-4-6-17(7-5-14)32-33(26-15(2)21(30)31-3)27-10-8-16(9-11-27)25-20(29)19(23)18(12-22)24-13-28/h4-7,12-13,15-16,22,26H,8-11,23H2,1-3H3,(H,24,28)(H,25,29)/b19-18+,22-12?. The van der Waals surface area contributed by atoms with Crippen LogP contribution in [0.2, 0.25) is 0 Å². The van der Waals surface area contributed by atoms with Crippen LogP contribution < -0.4 is 26.0 Å². The number of amides is 2. The van der Waals surface area contributed by atoms with Crippen LogP contribution in [0.1, 0.15) is 25.3 Å². The van der Waals surface area contributed by atoms with E-state index >= 15 is 0 Å². The molecular formula is C21H31N6O5P. The van der Waals surface area contributed by atoms with Gasteiger partial charge < -0.3 is 31.0 Å². The lowest BCUT2D eigenvalue weighted by Gasteiger charge is -2.37. The second-order valence-electron chi connectivity index (χ2n) is 7.49. The molecule has 33 heavy (non-hydrogen) atoms. The number of carbonyl (C=O) groups excluding carboxylic acids is 3. The molecule has 1 saturated heterocycles. The molecule has 1 aliphatic rings. The van der Waals surface area contributed by atoms with E-state index in [0.29, 0.717) is 38.1 Å². The van der Waals surface area contributed by atoms with Crippen LogP contribution in [0.25, 0.3) is 0 Å². The van der Waals surface area contributed by atoms with Crippen LogP contribution >= 0.6 is 8.45 Å². The number of nitrogens with one attached hydrogen (secondary N) is 4. The van der Waals surface area contributed by atoms with Gasteiger partial charge in [0.05, 0.1) is 12.8 Å². The van der Waals surface area contributed by atoms with Crippen molar-refractivity contribution in [1.82, 2.24) is 20.4 Å². The highest BCUT2D eigenvalue weighted by atomic mass is 31.2. The molecule has 0 spiro atoms. The summed E-state index contributed by atoms with van der Waals surface area (Å²) in [4.78, 5) is 34.9. The van der Waals surface area contributed by atoms with Gasteiger partial charge in [0.1, 0.15) is 17.5 Å². The van der Waals surface area contributed by atoms with Gasteiger partial charge in [0.15, 0.2) is 0 Å². The van der Waals surface area contributed by atoms with Crippen LogP contribution in [-0.4, -0.2) is 61.5 Å². The van der Waals surface area contributed by atoms with Crippen molar-refractivity contribution in [2.75, 3.05) is 20.2 Å². The van der Waals surface area contributed by atoms with Crippen LogP contribution in [0.4, 0.5) is 0 Å². The quantitative estimate of drug-likeness (QED) is 0.103. The summed E-state index contributed by atoms with van der Waals surface area (Å²) in [6.45, 7) is 4.93. The van der Waals surface area contributed by atoms with Crippen molar-refractivity contribution < 1.29 is 23.6 Å².